The predicted molar refractivity (Wildman–Crippen MR) is 109 cm³/mol. The molecule has 1 saturated carbocycles. The first kappa shape index (κ1) is 27.0. The summed E-state index contributed by atoms with van der Waals surface area (Å²) in [5.74, 6) is -0.275. The third-order valence-electron chi connectivity index (χ3n) is 6.03. The summed E-state index contributed by atoms with van der Waals surface area (Å²) < 4.78 is 22.9. The van der Waals surface area contributed by atoms with E-state index in [1.807, 2.05) is 0 Å². The summed E-state index contributed by atoms with van der Waals surface area (Å²) in [5.41, 5.74) is 1.91. The van der Waals surface area contributed by atoms with Crippen molar-refractivity contribution in [1.82, 2.24) is 10.9 Å². The summed E-state index contributed by atoms with van der Waals surface area (Å²) in [7, 11) is 0. The number of halogens is 1. The van der Waals surface area contributed by atoms with Crippen molar-refractivity contribution in [3.05, 3.63) is 0 Å². The molecule has 1 amide bonds. The minimum atomic E-state index is -0.568. The first-order valence-electron chi connectivity index (χ1n) is 10.3. The fraction of sp³-hybridized carbons (Fsp3) is 0.905. The zero-order valence-electron chi connectivity index (χ0n) is 18.7. The molecular formula is C21H41FN2O4. The van der Waals surface area contributed by atoms with E-state index in [2.05, 4.69) is 39.9 Å². The van der Waals surface area contributed by atoms with Gasteiger partial charge < -0.3 is 19.6 Å². The molecule has 0 aromatic heterocycles. The summed E-state index contributed by atoms with van der Waals surface area (Å²) in [4.78, 5) is 21.1. The van der Waals surface area contributed by atoms with Crippen molar-refractivity contribution < 1.29 is 23.5 Å². The third-order valence-corrected chi connectivity index (χ3v) is 6.03. The molecule has 6 nitrogen and oxygen atoms in total. The quantitative estimate of drug-likeness (QED) is 0.210. The number of carbonyl (C=O) groups excluding carboxylic acids is 2. The van der Waals surface area contributed by atoms with Gasteiger partial charge in [0.15, 0.2) is 5.79 Å². The van der Waals surface area contributed by atoms with Crippen LogP contribution in [0.25, 0.3) is 0 Å². The smallest absolute Gasteiger partial charge is 0.207 e. The zero-order valence-corrected chi connectivity index (χ0v) is 18.7. The van der Waals surface area contributed by atoms with Gasteiger partial charge in [0, 0.05) is 32.4 Å². The number of ketones is 1. The number of hydrogen-bond acceptors (Lipinski definition) is 5. The van der Waals surface area contributed by atoms with Crippen molar-refractivity contribution in [1.29, 1.82) is 0 Å². The average Bonchev–Trinajstić information content (AvgIpc) is 3.07. The summed E-state index contributed by atoms with van der Waals surface area (Å²) in [6.07, 6.45) is 6.23. The molecule has 0 aliphatic heterocycles. The Kier molecular flexibility index (Phi) is 12.7. The van der Waals surface area contributed by atoms with E-state index in [4.69, 9.17) is 9.47 Å². The minimum Gasteiger partial charge on any atom is -0.356 e. The molecule has 0 saturated heterocycles. The topological polar surface area (TPSA) is 76.7 Å². The molecule has 1 rings (SSSR count). The molecule has 0 atom stereocenters. The van der Waals surface area contributed by atoms with Gasteiger partial charge in [-0.2, -0.15) is 5.54 Å². The Morgan fingerprint density at radius 2 is 1.61 bits per heavy atom. The molecule has 166 valence electrons. The van der Waals surface area contributed by atoms with Crippen LogP contribution in [0, 0.1) is 10.8 Å². The van der Waals surface area contributed by atoms with E-state index in [0.717, 1.165) is 32.1 Å². The highest BCUT2D eigenvalue weighted by molar-refractivity contribution is 5.76. The van der Waals surface area contributed by atoms with E-state index in [0.29, 0.717) is 31.8 Å². The van der Waals surface area contributed by atoms with Crippen molar-refractivity contribution >= 4 is 12.2 Å². The molecule has 0 aromatic rings. The molecule has 0 spiro atoms. The van der Waals surface area contributed by atoms with Gasteiger partial charge in [0.25, 0.3) is 0 Å². The number of Topliss-reactive ketones (excluding diaryl/α,β-unsaturated/α-hetero) is 1. The molecule has 0 radical (unpaired) electrons. The molecule has 1 aliphatic carbocycles. The second kappa shape index (κ2) is 13.2. The SMILES string of the molecule is CCC(C)(C)C(C)(C)CC(C)=O.O=CNCCOC1(OCCNF)CCCC1. The second-order valence-electron chi connectivity index (χ2n) is 8.77. The highest BCUT2D eigenvalue weighted by Gasteiger charge is 2.36. The van der Waals surface area contributed by atoms with Crippen LogP contribution in [-0.4, -0.2) is 44.3 Å². The zero-order chi connectivity index (χ0) is 21.7. The normalized spacial score (nSPS) is 16.2. The fourth-order valence-electron chi connectivity index (χ4n) is 3.21. The summed E-state index contributed by atoms with van der Waals surface area (Å²) in [6.45, 7) is 14.0. The maximum absolute atomic E-state index is 11.7. The summed E-state index contributed by atoms with van der Waals surface area (Å²) >= 11 is 0. The molecule has 0 aromatic carbocycles. The average molecular weight is 405 g/mol. The van der Waals surface area contributed by atoms with Gasteiger partial charge in [0.05, 0.1) is 13.2 Å². The number of amides is 1. The molecule has 7 heteroatoms. The van der Waals surface area contributed by atoms with Gasteiger partial charge >= 0.3 is 0 Å². The van der Waals surface area contributed by atoms with Crippen LogP contribution >= 0.6 is 0 Å². The Hall–Kier alpha value is -1.05. The largest absolute Gasteiger partial charge is 0.356 e. The van der Waals surface area contributed by atoms with E-state index < -0.39 is 5.79 Å². The number of rotatable bonds is 13. The summed E-state index contributed by atoms with van der Waals surface area (Å²) in [5, 5.41) is 2.52. The first-order chi connectivity index (χ1) is 13.1. The Balaban J connectivity index is 0.000000546. The number of carbonyl (C=O) groups is 2. The Morgan fingerprint density at radius 3 is 2.04 bits per heavy atom. The maximum Gasteiger partial charge on any atom is 0.207 e. The van der Waals surface area contributed by atoms with Crippen molar-refractivity contribution in [3.8, 4) is 0 Å². The first-order valence-corrected chi connectivity index (χ1v) is 10.3. The Labute approximate surface area is 170 Å². The minimum absolute atomic E-state index is 0.119. The molecule has 1 fully saturated rings. The monoisotopic (exact) mass is 404 g/mol. The second-order valence-corrected chi connectivity index (χ2v) is 8.77. The van der Waals surface area contributed by atoms with Gasteiger partial charge in [-0.05, 0) is 30.6 Å². The lowest BCUT2D eigenvalue weighted by molar-refractivity contribution is -0.231. The molecule has 2 N–H and O–H groups in total. The molecule has 0 unspecified atom stereocenters. The van der Waals surface area contributed by atoms with Gasteiger partial charge in [0.1, 0.15) is 5.78 Å². The number of ether oxygens (including phenoxy) is 2. The van der Waals surface area contributed by atoms with E-state index in [1.54, 1.807) is 12.5 Å². The van der Waals surface area contributed by atoms with Crippen LogP contribution in [0.15, 0.2) is 0 Å². The van der Waals surface area contributed by atoms with Crippen LogP contribution in [0.1, 0.15) is 80.1 Å². The van der Waals surface area contributed by atoms with Gasteiger partial charge in [0.2, 0.25) is 6.41 Å². The standard InChI is InChI=1S/C11H22O.C10H19FN2O3/c1-7-10(3,4)11(5,6)8-9(2)12;11-13-6-8-16-10(3-1-2-4-10)15-7-5-12-9-14/h7-8H2,1-6H3;9,13H,1-8H2,(H,12,14). The lowest BCUT2D eigenvalue weighted by Gasteiger charge is -2.40. The van der Waals surface area contributed by atoms with Crippen LogP contribution in [0.2, 0.25) is 0 Å². The lowest BCUT2D eigenvalue weighted by Crippen LogP contribution is -2.36. The molecule has 0 heterocycles. The Morgan fingerprint density at radius 1 is 1.07 bits per heavy atom. The van der Waals surface area contributed by atoms with Gasteiger partial charge in [-0.3, -0.25) is 4.79 Å². The van der Waals surface area contributed by atoms with Gasteiger partial charge in [-0.25, -0.2) is 0 Å². The lowest BCUT2D eigenvalue weighted by atomic mass is 9.64. The van der Waals surface area contributed by atoms with Crippen molar-refractivity contribution in [3.63, 3.8) is 0 Å². The van der Waals surface area contributed by atoms with Crippen LogP contribution in [0.5, 0.6) is 0 Å². The molecule has 0 bridgehead atoms. The highest BCUT2D eigenvalue weighted by Crippen LogP contribution is 2.43. The molecular weight excluding hydrogens is 363 g/mol. The predicted octanol–water partition coefficient (Wildman–Crippen LogP) is 3.94. The Bertz CT molecular complexity index is 450. The summed E-state index contributed by atoms with van der Waals surface area (Å²) in [6, 6.07) is 0. The van der Waals surface area contributed by atoms with Crippen LogP contribution in [0.3, 0.4) is 0 Å². The van der Waals surface area contributed by atoms with Gasteiger partial charge in [-0.15, -0.1) is 4.48 Å². The van der Waals surface area contributed by atoms with E-state index in [1.165, 1.54) is 0 Å². The van der Waals surface area contributed by atoms with Gasteiger partial charge in [-0.1, -0.05) is 41.0 Å². The fourth-order valence-corrected chi connectivity index (χ4v) is 3.21. The van der Waals surface area contributed by atoms with Crippen LogP contribution in [-0.2, 0) is 19.1 Å². The molecule has 28 heavy (non-hydrogen) atoms. The van der Waals surface area contributed by atoms with Crippen LogP contribution < -0.4 is 10.9 Å². The van der Waals surface area contributed by atoms with Crippen molar-refractivity contribution in [2.24, 2.45) is 10.8 Å². The number of nitrogens with one attached hydrogen (secondary N) is 2. The maximum atomic E-state index is 11.7. The van der Waals surface area contributed by atoms with E-state index in [-0.39, 0.29) is 24.0 Å². The number of hydrogen-bond donors (Lipinski definition) is 2. The molecule has 1 aliphatic rings. The van der Waals surface area contributed by atoms with E-state index >= 15 is 0 Å². The van der Waals surface area contributed by atoms with Crippen molar-refractivity contribution in [2.75, 3.05) is 26.3 Å². The van der Waals surface area contributed by atoms with Crippen LogP contribution in [0.4, 0.5) is 4.48 Å². The van der Waals surface area contributed by atoms with E-state index in [9.17, 15) is 14.1 Å². The van der Waals surface area contributed by atoms with Crippen molar-refractivity contribution in [2.45, 2.75) is 85.9 Å². The third kappa shape index (κ3) is 9.94. The highest BCUT2D eigenvalue weighted by atomic mass is 19.2.